The third-order valence-electron chi connectivity index (χ3n) is 12.6. The average Bonchev–Trinajstić information content (AvgIpc) is 3.56. The maximum Gasteiger partial charge on any atom is 0.527 e. The van der Waals surface area contributed by atoms with Crippen LogP contribution in [0.3, 0.4) is 0 Å². The Morgan fingerprint density at radius 2 is 1.75 bits per heavy atom. The zero-order chi connectivity index (χ0) is 45.7. The molecule has 5 aliphatic rings. The summed E-state index contributed by atoms with van der Waals surface area (Å²) in [6.45, 7) is 16.5. The third-order valence-corrected chi connectivity index (χ3v) is 13.6. The van der Waals surface area contributed by atoms with Gasteiger partial charge in [-0.05, 0) is 131 Å². The fourth-order valence-electron chi connectivity index (χ4n) is 9.77. The van der Waals surface area contributed by atoms with Crippen molar-refractivity contribution >= 4 is 31.4 Å². The number of phosphoric acid groups is 1. The first-order valence-corrected chi connectivity index (χ1v) is 23.4. The van der Waals surface area contributed by atoms with Crippen LogP contribution < -0.4 is 19.3 Å². The molecular weight excluding hydrogens is 820 g/mol. The number of hydrogen-bond donors (Lipinski definition) is 2. The minimum absolute atomic E-state index is 0.129. The first-order chi connectivity index (χ1) is 29.8. The molecule has 13 heteroatoms. The Bertz CT molecular complexity index is 2300. The van der Waals surface area contributed by atoms with Crippen molar-refractivity contribution in [2.45, 2.75) is 118 Å². The van der Waals surface area contributed by atoms with E-state index < -0.39 is 13.9 Å². The molecule has 63 heavy (non-hydrogen) atoms. The number of amides is 1. The van der Waals surface area contributed by atoms with Crippen LogP contribution in [0.1, 0.15) is 98.6 Å². The van der Waals surface area contributed by atoms with Gasteiger partial charge in [0, 0.05) is 48.5 Å². The Hall–Kier alpha value is -5.00. The molecule has 1 spiro atoms. The molecule has 6 atom stereocenters. The number of nitrogens with one attached hydrogen (secondary N) is 1. The zero-order valence-electron chi connectivity index (χ0n) is 38.1. The van der Waals surface area contributed by atoms with E-state index in [2.05, 4.69) is 69.3 Å². The van der Waals surface area contributed by atoms with E-state index in [9.17, 15) is 23.8 Å². The van der Waals surface area contributed by atoms with E-state index in [1.807, 2.05) is 44.2 Å². The van der Waals surface area contributed by atoms with Gasteiger partial charge < -0.3 is 29.0 Å². The molecule has 2 bridgehead atoms. The first kappa shape index (κ1) is 47.5. The van der Waals surface area contributed by atoms with Crippen LogP contribution in [0.25, 0.3) is 0 Å². The molecule has 7 rings (SSSR count). The van der Waals surface area contributed by atoms with Crippen molar-refractivity contribution in [2.24, 2.45) is 11.3 Å². The number of anilines is 1. The van der Waals surface area contributed by atoms with Crippen molar-refractivity contribution < 1.29 is 47.1 Å². The van der Waals surface area contributed by atoms with Gasteiger partial charge in [0.15, 0.2) is 17.6 Å². The van der Waals surface area contributed by atoms with E-state index in [1.165, 1.54) is 68.0 Å². The van der Waals surface area contributed by atoms with Crippen molar-refractivity contribution in [3.05, 3.63) is 118 Å². The van der Waals surface area contributed by atoms with Gasteiger partial charge in [-0.2, -0.15) is 0 Å². The lowest BCUT2D eigenvalue weighted by Crippen LogP contribution is -2.65. The topological polar surface area (TPSA) is 150 Å². The van der Waals surface area contributed by atoms with E-state index in [-0.39, 0.29) is 53.1 Å². The van der Waals surface area contributed by atoms with E-state index in [0.29, 0.717) is 29.6 Å². The molecule has 0 aromatic heterocycles. The number of likely N-dealkylation sites (tertiary alicyclic amines) is 1. The van der Waals surface area contributed by atoms with Gasteiger partial charge in [0.2, 0.25) is 5.91 Å². The Kier molecular flexibility index (Phi) is 14.9. The number of carbonyl (C=O) groups excluding carboxylic acids is 3. The molecule has 12 nitrogen and oxygen atoms in total. The van der Waals surface area contributed by atoms with E-state index in [0.717, 1.165) is 36.1 Å². The summed E-state index contributed by atoms with van der Waals surface area (Å²) in [6, 6.07) is 10.5. The Labute approximate surface area is 372 Å². The lowest BCUT2D eigenvalue weighted by Gasteiger charge is -2.56. The van der Waals surface area contributed by atoms with Crippen LogP contribution in [0, 0.1) is 11.3 Å². The van der Waals surface area contributed by atoms with Crippen LogP contribution in [-0.4, -0.2) is 66.1 Å². The molecular formula is C50H63N2O10P. The molecule has 3 aliphatic carbocycles. The zero-order valence-corrected chi connectivity index (χ0v) is 39.0. The van der Waals surface area contributed by atoms with Crippen LogP contribution in [0.5, 0.6) is 17.2 Å². The van der Waals surface area contributed by atoms with Gasteiger partial charge in [0.05, 0.1) is 6.61 Å². The van der Waals surface area contributed by atoms with Crippen molar-refractivity contribution in [3.63, 3.8) is 0 Å². The molecule has 2 N–H and O–H groups in total. The van der Waals surface area contributed by atoms with Gasteiger partial charge in [-0.25, -0.2) is 4.57 Å². The van der Waals surface area contributed by atoms with Crippen LogP contribution >= 0.6 is 7.82 Å². The second-order valence-corrected chi connectivity index (χ2v) is 19.3. The summed E-state index contributed by atoms with van der Waals surface area (Å²) in [5, 5.41) is 2.77. The molecule has 1 fully saturated rings. The van der Waals surface area contributed by atoms with Crippen molar-refractivity contribution in [2.75, 3.05) is 25.5 Å². The summed E-state index contributed by atoms with van der Waals surface area (Å²) in [4.78, 5) is 47.7. The molecule has 0 saturated carbocycles. The van der Waals surface area contributed by atoms with Gasteiger partial charge in [-0.3, -0.25) is 23.8 Å². The summed E-state index contributed by atoms with van der Waals surface area (Å²) in [5.74, 6) is 0.621. The van der Waals surface area contributed by atoms with Crippen LogP contribution in [0.4, 0.5) is 5.69 Å². The quantitative estimate of drug-likeness (QED) is 0.0494. The fourth-order valence-corrected chi connectivity index (χ4v) is 10.6. The van der Waals surface area contributed by atoms with Gasteiger partial charge in [-0.15, -0.1) is 0 Å². The van der Waals surface area contributed by atoms with Crippen LogP contribution in [-0.2, 0) is 40.0 Å². The lowest BCUT2D eigenvalue weighted by molar-refractivity contribution is -0.152. The van der Waals surface area contributed by atoms with Crippen LogP contribution in [0.15, 0.2) is 107 Å². The van der Waals surface area contributed by atoms with Gasteiger partial charge >= 0.3 is 19.8 Å². The highest BCUT2D eigenvalue weighted by Crippen LogP contribution is 2.63. The molecule has 2 aromatic carbocycles. The number of rotatable bonds is 13. The minimum atomic E-state index is -4.15. The summed E-state index contributed by atoms with van der Waals surface area (Å²) in [7, 11) is -1.97. The predicted octanol–water partition coefficient (Wildman–Crippen LogP) is 10.1. The van der Waals surface area contributed by atoms with E-state index >= 15 is 0 Å². The summed E-state index contributed by atoms with van der Waals surface area (Å²) >= 11 is 0. The number of carbonyl (C=O) groups is 3. The number of phosphoric ester groups is 1. The van der Waals surface area contributed by atoms with E-state index in [1.54, 1.807) is 12.1 Å². The van der Waals surface area contributed by atoms with Crippen molar-refractivity contribution in [1.29, 1.82) is 0 Å². The second-order valence-electron chi connectivity index (χ2n) is 17.9. The smallest absolute Gasteiger partial charge is 0.481 e. The monoisotopic (exact) mass is 882 g/mol. The Morgan fingerprint density at radius 1 is 1.00 bits per heavy atom. The molecule has 0 radical (unpaired) electrons. The Morgan fingerprint density at radius 3 is 2.43 bits per heavy atom. The molecule has 1 unspecified atom stereocenters. The first-order valence-electron chi connectivity index (χ1n) is 21.9. The average molecular weight is 883 g/mol. The van der Waals surface area contributed by atoms with Crippen molar-refractivity contribution in [1.82, 2.24) is 4.90 Å². The maximum atomic E-state index is 12.3. The summed E-state index contributed by atoms with van der Waals surface area (Å²) in [5.41, 5.74) is 7.78. The highest BCUT2D eigenvalue weighted by atomic mass is 31.2. The highest BCUT2D eigenvalue weighted by Gasteiger charge is 2.65. The number of likely N-dealkylation sites (N-methyl/N-ethyl adjacent to an activating group) is 1. The number of esters is 2. The SMILES string of the molecule is CC(=O)Oc1ccc2c3c1O[C@H]1[C@@H](OC(C)=O)C=C[C@H]4[C@@H](C2)N(C)CC[C@@]341.CCCOP(=O)(O)Oc1ccc(NC(=O)/C=C(C)/C=C/C=C(C)/C=C/C2=C(C)CCCC2(C)C)cc1. The number of benzene rings is 2. The van der Waals surface area contributed by atoms with E-state index in [4.69, 9.17) is 23.3 Å². The molecule has 2 aromatic rings. The Balaban J connectivity index is 0.000000217. The standard InChI is InChI=1S/C29H40NO5P.C21H23NO5/c1-7-20-34-36(32,33)35-26-16-14-25(15-17-26)30-28(31)21-23(3)11-8-10-22(2)13-18-27-24(4)12-9-19-29(27,5)6;1-11(23)25-16-6-4-13-10-15-14-5-7-17(26-12(2)24)20-21(14,8-9-22(15)3)18(13)19(16)27-20/h8,10-11,13-18,21H,7,9,12,19-20H2,1-6H3,(H,30,31)(H,32,33);4-7,14-15,17,20H,8-10H2,1-3H3/b11-8+,18-13+,22-10+,23-21+;/t;14-,15+,17-,20-,21-/m.0/s1. The highest BCUT2D eigenvalue weighted by molar-refractivity contribution is 7.47. The molecule has 1 saturated heterocycles. The largest absolute Gasteiger partial charge is 0.527 e. The second kappa shape index (κ2) is 19.8. The predicted molar refractivity (Wildman–Crippen MR) is 245 cm³/mol. The van der Waals surface area contributed by atoms with Gasteiger partial charge in [0.1, 0.15) is 11.9 Å². The maximum absolute atomic E-state index is 12.3. The molecule has 2 aliphatic heterocycles. The van der Waals surface area contributed by atoms with Gasteiger partial charge in [-0.1, -0.05) is 74.4 Å². The molecule has 338 valence electrons. The number of allylic oxidation sites excluding steroid dienone is 9. The fraction of sp³-hybridized carbons (Fsp3) is 0.460. The summed E-state index contributed by atoms with van der Waals surface area (Å²) < 4.78 is 39.1. The number of hydrogen-bond acceptors (Lipinski definition) is 10. The third kappa shape index (κ3) is 11.0. The normalized spacial score (nSPS) is 25.7. The van der Waals surface area contributed by atoms with Crippen molar-refractivity contribution in [3.8, 4) is 17.2 Å². The summed E-state index contributed by atoms with van der Waals surface area (Å²) in [6.07, 6.45) is 21.3. The number of ether oxygens (including phenoxy) is 3. The lowest BCUT2D eigenvalue weighted by atomic mass is 9.53. The van der Waals surface area contributed by atoms with Crippen LogP contribution in [0.2, 0.25) is 0 Å². The minimum Gasteiger partial charge on any atom is -0.481 e. The number of piperidine rings is 1. The number of nitrogens with zero attached hydrogens (tertiary/aromatic N) is 1. The van der Waals surface area contributed by atoms with Gasteiger partial charge in [0.25, 0.3) is 0 Å². The molecule has 1 amide bonds. The molecule has 2 heterocycles.